The molecule has 0 saturated heterocycles. The first-order valence-electron chi connectivity index (χ1n) is 4.75. The van der Waals surface area contributed by atoms with E-state index >= 15 is 0 Å². The molecule has 0 spiro atoms. The first-order valence-corrected chi connectivity index (χ1v) is 4.75. The number of nitrogens with two attached hydrogens (primary N) is 1. The van der Waals surface area contributed by atoms with Crippen LogP contribution in [-0.4, -0.2) is 24.4 Å². The van der Waals surface area contributed by atoms with Gasteiger partial charge in [-0.1, -0.05) is 0 Å². The monoisotopic (exact) mass is 187 g/mol. The van der Waals surface area contributed by atoms with Crippen molar-refractivity contribution in [1.82, 2.24) is 0 Å². The smallest absolute Gasteiger partial charge is 0.311 e. The van der Waals surface area contributed by atoms with Crippen molar-refractivity contribution >= 4 is 5.97 Å². The Kier molecular flexibility index (Phi) is 4.18. The number of aliphatic hydroxyl groups is 1. The molecule has 13 heavy (non-hydrogen) atoms. The number of esters is 1. The van der Waals surface area contributed by atoms with E-state index in [-0.39, 0.29) is 11.9 Å². The van der Waals surface area contributed by atoms with E-state index in [2.05, 4.69) is 4.74 Å². The maximum Gasteiger partial charge on any atom is 0.311 e. The Morgan fingerprint density at radius 2 is 2.00 bits per heavy atom. The van der Waals surface area contributed by atoms with Crippen LogP contribution in [0.25, 0.3) is 0 Å². The van der Waals surface area contributed by atoms with Crippen molar-refractivity contribution in [2.45, 2.75) is 25.7 Å². The molecular formula is C9H17NO3. The van der Waals surface area contributed by atoms with Crippen LogP contribution in [0.1, 0.15) is 25.7 Å². The summed E-state index contributed by atoms with van der Waals surface area (Å²) >= 11 is 0. The zero-order chi connectivity index (χ0) is 9.68. The molecule has 0 aromatic heterocycles. The molecule has 1 saturated carbocycles. The van der Waals surface area contributed by atoms with Crippen LogP contribution in [0.5, 0.6) is 0 Å². The molecule has 76 valence electrons. The van der Waals surface area contributed by atoms with Gasteiger partial charge in [0.25, 0.3) is 0 Å². The van der Waals surface area contributed by atoms with Crippen molar-refractivity contribution in [1.29, 1.82) is 0 Å². The van der Waals surface area contributed by atoms with E-state index in [0.717, 1.165) is 25.7 Å². The van der Waals surface area contributed by atoms with Crippen LogP contribution in [0.2, 0.25) is 0 Å². The minimum absolute atomic E-state index is 0.0186. The number of hydrogen-bond donors (Lipinski definition) is 2. The first kappa shape index (κ1) is 10.5. The van der Waals surface area contributed by atoms with Crippen LogP contribution < -0.4 is 5.73 Å². The van der Waals surface area contributed by atoms with Crippen LogP contribution in [-0.2, 0) is 9.53 Å². The second-order valence-electron chi connectivity index (χ2n) is 3.55. The number of rotatable bonds is 3. The molecule has 0 aliphatic heterocycles. The SMILES string of the molecule is NCC1CCC(C(=O)OCO)CC1. The highest BCUT2D eigenvalue weighted by Gasteiger charge is 2.26. The quantitative estimate of drug-likeness (QED) is 0.490. The molecule has 0 aromatic carbocycles. The summed E-state index contributed by atoms with van der Waals surface area (Å²) in [6.07, 6.45) is 3.70. The molecular weight excluding hydrogens is 170 g/mol. The maximum atomic E-state index is 11.2. The molecule has 1 fully saturated rings. The van der Waals surface area contributed by atoms with Gasteiger partial charge in [0, 0.05) is 0 Å². The van der Waals surface area contributed by atoms with E-state index in [1.807, 2.05) is 0 Å². The second kappa shape index (κ2) is 5.19. The summed E-state index contributed by atoms with van der Waals surface area (Å²) in [5, 5.41) is 8.40. The molecule has 0 amide bonds. The molecule has 4 nitrogen and oxygen atoms in total. The summed E-state index contributed by atoms with van der Waals surface area (Å²) in [4.78, 5) is 11.2. The fourth-order valence-electron chi connectivity index (χ4n) is 1.82. The van der Waals surface area contributed by atoms with Crippen molar-refractivity contribution in [2.24, 2.45) is 17.6 Å². The topological polar surface area (TPSA) is 72.6 Å². The zero-order valence-electron chi connectivity index (χ0n) is 7.74. The average molecular weight is 187 g/mol. The Hall–Kier alpha value is -0.610. The van der Waals surface area contributed by atoms with Gasteiger partial charge in [0.05, 0.1) is 5.92 Å². The molecule has 4 heteroatoms. The van der Waals surface area contributed by atoms with Crippen LogP contribution in [0.4, 0.5) is 0 Å². The number of aliphatic hydroxyl groups excluding tert-OH is 1. The van der Waals surface area contributed by atoms with Gasteiger partial charge in [-0.3, -0.25) is 4.79 Å². The van der Waals surface area contributed by atoms with E-state index in [1.165, 1.54) is 0 Å². The summed E-state index contributed by atoms with van der Waals surface area (Å²) in [7, 11) is 0. The summed E-state index contributed by atoms with van der Waals surface area (Å²) in [5.41, 5.74) is 5.53. The number of ether oxygens (including phenoxy) is 1. The van der Waals surface area contributed by atoms with Crippen LogP contribution in [0.15, 0.2) is 0 Å². The first-order chi connectivity index (χ1) is 6.27. The lowest BCUT2D eigenvalue weighted by Gasteiger charge is -2.25. The van der Waals surface area contributed by atoms with Gasteiger partial charge in [0.15, 0.2) is 6.79 Å². The van der Waals surface area contributed by atoms with Gasteiger partial charge in [-0.2, -0.15) is 0 Å². The summed E-state index contributed by atoms with van der Waals surface area (Å²) in [5.74, 6) is 0.283. The van der Waals surface area contributed by atoms with Crippen molar-refractivity contribution in [3.05, 3.63) is 0 Å². The highest BCUT2D eigenvalue weighted by Crippen LogP contribution is 2.28. The van der Waals surface area contributed by atoms with Crippen LogP contribution in [0, 0.1) is 11.8 Å². The van der Waals surface area contributed by atoms with Gasteiger partial charge in [-0.15, -0.1) is 0 Å². The lowest BCUT2D eigenvalue weighted by atomic mass is 9.82. The van der Waals surface area contributed by atoms with Gasteiger partial charge < -0.3 is 15.6 Å². The Morgan fingerprint density at radius 1 is 1.38 bits per heavy atom. The molecule has 0 atom stereocenters. The van der Waals surface area contributed by atoms with E-state index < -0.39 is 6.79 Å². The minimum Gasteiger partial charge on any atom is -0.438 e. The Morgan fingerprint density at radius 3 is 2.46 bits per heavy atom. The molecule has 0 heterocycles. The Labute approximate surface area is 78.1 Å². The molecule has 0 bridgehead atoms. The Bertz CT molecular complexity index is 164. The fraction of sp³-hybridized carbons (Fsp3) is 0.889. The molecule has 0 radical (unpaired) electrons. The van der Waals surface area contributed by atoms with Gasteiger partial charge in [0.2, 0.25) is 0 Å². The number of carbonyl (C=O) groups is 1. The summed E-state index contributed by atoms with van der Waals surface area (Å²) in [6, 6.07) is 0. The predicted octanol–water partition coefficient (Wildman–Crippen LogP) is 0.244. The summed E-state index contributed by atoms with van der Waals surface area (Å²) in [6.45, 7) is 0.206. The predicted molar refractivity (Wildman–Crippen MR) is 47.7 cm³/mol. The molecule has 3 N–H and O–H groups in total. The molecule has 1 rings (SSSR count). The standard InChI is InChI=1S/C9H17NO3/c10-5-7-1-3-8(4-2-7)9(12)13-6-11/h7-8,11H,1-6,10H2. The Balaban J connectivity index is 2.28. The summed E-state index contributed by atoms with van der Waals surface area (Å²) < 4.78 is 4.54. The normalized spacial score (nSPS) is 28.5. The van der Waals surface area contributed by atoms with E-state index in [0.29, 0.717) is 12.5 Å². The largest absolute Gasteiger partial charge is 0.438 e. The van der Waals surface area contributed by atoms with Crippen molar-refractivity contribution in [3.8, 4) is 0 Å². The van der Waals surface area contributed by atoms with E-state index in [1.54, 1.807) is 0 Å². The lowest BCUT2D eigenvalue weighted by molar-refractivity contribution is -0.158. The fourth-order valence-corrected chi connectivity index (χ4v) is 1.82. The lowest BCUT2D eigenvalue weighted by Crippen LogP contribution is -2.27. The third-order valence-electron chi connectivity index (χ3n) is 2.72. The van der Waals surface area contributed by atoms with Gasteiger partial charge in [-0.25, -0.2) is 0 Å². The van der Waals surface area contributed by atoms with Crippen LogP contribution >= 0.6 is 0 Å². The van der Waals surface area contributed by atoms with E-state index in [4.69, 9.17) is 10.8 Å². The third kappa shape index (κ3) is 2.97. The zero-order valence-corrected chi connectivity index (χ0v) is 7.74. The van der Waals surface area contributed by atoms with Crippen molar-refractivity contribution < 1.29 is 14.6 Å². The number of carbonyl (C=O) groups excluding carboxylic acids is 1. The van der Waals surface area contributed by atoms with Crippen molar-refractivity contribution in [2.75, 3.05) is 13.3 Å². The highest BCUT2D eigenvalue weighted by molar-refractivity contribution is 5.72. The molecule has 0 unspecified atom stereocenters. The van der Waals surface area contributed by atoms with Gasteiger partial charge in [-0.05, 0) is 38.1 Å². The van der Waals surface area contributed by atoms with Gasteiger partial charge in [0.1, 0.15) is 0 Å². The van der Waals surface area contributed by atoms with Gasteiger partial charge >= 0.3 is 5.97 Å². The molecule has 1 aliphatic rings. The maximum absolute atomic E-state index is 11.2. The van der Waals surface area contributed by atoms with E-state index in [9.17, 15) is 4.79 Å². The third-order valence-corrected chi connectivity index (χ3v) is 2.72. The average Bonchev–Trinajstić information content (AvgIpc) is 2.18. The van der Waals surface area contributed by atoms with Crippen LogP contribution in [0.3, 0.4) is 0 Å². The second-order valence-corrected chi connectivity index (χ2v) is 3.55. The molecule has 0 aromatic rings. The minimum atomic E-state index is -0.504. The number of hydrogen-bond acceptors (Lipinski definition) is 4. The van der Waals surface area contributed by atoms with Crippen molar-refractivity contribution in [3.63, 3.8) is 0 Å². The highest BCUT2D eigenvalue weighted by atomic mass is 16.6. The molecule has 1 aliphatic carbocycles.